The van der Waals surface area contributed by atoms with Crippen LogP contribution in [0.5, 0.6) is 5.75 Å². The van der Waals surface area contributed by atoms with E-state index in [-0.39, 0.29) is 24.5 Å². The van der Waals surface area contributed by atoms with Gasteiger partial charge in [0, 0.05) is 12.6 Å². The molecule has 31 heavy (non-hydrogen) atoms. The van der Waals surface area contributed by atoms with Gasteiger partial charge in [0.05, 0.1) is 0 Å². The summed E-state index contributed by atoms with van der Waals surface area (Å²) in [6.45, 7) is 6.07. The third-order valence-electron chi connectivity index (χ3n) is 6.22. The molecular formula is C26H34N2O3. The smallest absolute Gasteiger partial charge is 0.261 e. The lowest BCUT2D eigenvalue weighted by Gasteiger charge is -2.31. The normalized spacial score (nSPS) is 15.2. The van der Waals surface area contributed by atoms with Crippen molar-refractivity contribution in [1.29, 1.82) is 0 Å². The van der Waals surface area contributed by atoms with Gasteiger partial charge in [0.1, 0.15) is 11.8 Å². The van der Waals surface area contributed by atoms with Gasteiger partial charge in [-0.2, -0.15) is 0 Å². The zero-order chi connectivity index (χ0) is 22.2. The molecule has 0 spiro atoms. The number of carbonyl (C=O) groups is 2. The highest BCUT2D eigenvalue weighted by atomic mass is 16.5. The Kier molecular flexibility index (Phi) is 8.10. The first kappa shape index (κ1) is 22.9. The fourth-order valence-electron chi connectivity index (χ4n) is 4.03. The van der Waals surface area contributed by atoms with Crippen molar-refractivity contribution in [2.75, 3.05) is 6.61 Å². The maximum absolute atomic E-state index is 13.2. The summed E-state index contributed by atoms with van der Waals surface area (Å²) in [5.74, 6) is 0.409. The highest BCUT2D eigenvalue weighted by molar-refractivity contribution is 5.88. The summed E-state index contributed by atoms with van der Waals surface area (Å²) in [7, 11) is 0. The molecule has 5 nitrogen and oxygen atoms in total. The van der Waals surface area contributed by atoms with E-state index in [0.29, 0.717) is 12.3 Å². The van der Waals surface area contributed by atoms with Crippen molar-refractivity contribution in [3.63, 3.8) is 0 Å². The summed E-state index contributed by atoms with van der Waals surface area (Å²) >= 11 is 0. The second-order valence-electron chi connectivity index (χ2n) is 8.51. The van der Waals surface area contributed by atoms with E-state index in [1.165, 1.54) is 6.42 Å². The van der Waals surface area contributed by atoms with E-state index in [1.807, 2.05) is 62.4 Å². The van der Waals surface area contributed by atoms with Gasteiger partial charge in [0.2, 0.25) is 5.91 Å². The lowest BCUT2D eigenvalue weighted by molar-refractivity contribution is -0.142. The number of hydrogen-bond acceptors (Lipinski definition) is 3. The molecule has 0 aliphatic heterocycles. The predicted molar refractivity (Wildman–Crippen MR) is 123 cm³/mol. The largest absolute Gasteiger partial charge is 0.483 e. The molecule has 1 N–H and O–H groups in total. The monoisotopic (exact) mass is 422 g/mol. The summed E-state index contributed by atoms with van der Waals surface area (Å²) < 4.78 is 5.86. The highest BCUT2D eigenvalue weighted by Crippen LogP contribution is 2.21. The number of rotatable bonds is 8. The predicted octanol–water partition coefficient (Wildman–Crippen LogP) is 4.55. The average Bonchev–Trinajstić information content (AvgIpc) is 2.79. The first-order valence-corrected chi connectivity index (χ1v) is 11.3. The van der Waals surface area contributed by atoms with Crippen molar-refractivity contribution in [3.8, 4) is 5.75 Å². The molecule has 0 aromatic heterocycles. The first-order valence-electron chi connectivity index (χ1n) is 11.3. The third-order valence-corrected chi connectivity index (χ3v) is 6.22. The van der Waals surface area contributed by atoms with Crippen LogP contribution in [0.4, 0.5) is 0 Å². The standard InChI is InChI=1S/C26H34N2O3/c1-19-11-10-16-24(20(19)2)31-18-25(29)28(17-22-12-6-4-7-13-22)21(3)26(30)27-23-14-8-5-9-15-23/h4,6-7,10-13,16,21,23H,5,8-9,14-15,17-18H2,1-3H3,(H,27,30)/t21-/m1/s1. The maximum atomic E-state index is 13.2. The molecular weight excluding hydrogens is 388 g/mol. The molecule has 1 aliphatic carbocycles. The lowest BCUT2D eigenvalue weighted by atomic mass is 9.95. The van der Waals surface area contributed by atoms with Crippen molar-refractivity contribution in [2.24, 2.45) is 0 Å². The first-order chi connectivity index (χ1) is 15.0. The third kappa shape index (κ3) is 6.33. The van der Waals surface area contributed by atoms with Gasteiger partial charge in [-0.15, -0.1) is 0 Å². The van der Waals surface area contributed by atoms with E-state index in [4.69, 9.17) is 4.74 Å². The van der Waals surface area contributed by atoms with Crippen LogP contribution >= 0.6 is 0 Å². The number of nitrogens with one attached hydrogen (secondary N) is 1. The van der Waals surface area contributed by atoms with Crippen LogP contribution in [0.1, 0.15) is 55.7 Å². The van der Waals surface area contributed by atoms with Crippen LogP contribution in [0.2, 0.25) is 0 Å². The van der Waals surface area contributed by atoms with Crippen LogP contribution in [-0.4, -0.2) is 35.4 Å². The van der Waals surface area contributed by atoms with Crippen LogP contribution in [0.25, 0.3) is 0 Å². The second kappa shape index (κ2) is 11.0. The molecule has 0 unspecified atom stereocenters. The van der Waals surface area contributed by atoms with Crippen molar-refractivity contribution < 1.29 is 14.3 Å². The van der Waals surface area contributed by atoms with Gasteiger partial charge in [-0.1, -0.05) is 61.7 Å². The summed E-state index contributed by atoms with van der Waals surface area (Å²) in [4.78, 5) is 27.8. The van der Waals surface area contributed by atoms with Crippen molar-refractivity contribution in [3.05, 3.63) is 65.2 Å². The Hall–Kier alpha value is -2.82. The molecule has 0 bridgehead atoms. The van der Waals surface area contributed by atoms with Gasteiger partial charge in [0.25, 0.3) is 5.91 Å². The molecule has 0 heterocycles. The van der Waals surface area contributed by atoms with Crippen LogP contribution in [0.15, 0.2) is 48.5 Å². The Labute approximate surface area is 185 Å². The minimum atomic E-state index is -0.572. The summed E-state index contributed by atoms with van der Waals surface area (Å²) in [6.07, 6.45) is 5.56. The molecule has 1 saturated carbocycles. The Morgan fingerprint density at radius 3 is 2.45 bits per heavy atom. The van der Waals surface area contributed by atoms with Crippen molar-refractivity contribution >= 4 is 11.8 Å². The van der Waals surface area contributed by atoms with Gasteiger partial charge >= 0.3 is 0 Å². The van der Waals surface area contributed by atoms with Gasteiger partial charge in [-0.3, -0.25) is 9.59 Å². The lowest BCUT2D eigenvalue weighted by Crippen LogP contribution is -2.51. The zero-order valence-electron chi connectivity index (χ0n) is 18.9. The fraction of sp³-hybridized carbons (Fsp3) is 0.462. The molecule has 1 atom stereocenters. The van der Waals surface area contributed by atoms with E-state index in [0.717, 1.165) is 42.4 Å². The van der Waals surface area contributed by atoms with E-state index in [2.05, 4.69) is 5.32 Å². The fourth-order valence-corrected chi connectivity index (χ4v) is 4.03. The number of carbonyl (C=O) groups excluding carboxylic acids is 2. The molecule has 0 saturated heterocycles. The van der Waals surface area contributed by atoms with Crippen LogP contribution in [0, 0.1) is 13.8 Å². The molecule has 3 rings (SSSR count). The van der Waals surface area contributed by atoms with Crippen molar-refractivity contribution in [1.82, 2.24) is 10.2 Å². The molecule has 2 amide bonds. The van der Waals surface area contributed by atoms with Gasteiger partial charge in [-0.25, -0.2) is 0 Å². The van der Waals surface area contributed by atoms with Crippen LogP contribution in [0.3, 0.4) is 0 Å². The minimum absolute atomic E-state index is 0.0945. The maximum Gasteiger partial charge on any atom is 0.261 e. The molecule has 1 aliphatic rings. The molecule has 5 heteroatoms. The van der Waals surface area contributed by atoms with E-state index in [9.17, 15) is 9.59 Å². The van der Waals surface area contributed by atoms with E-state index < -0.39 is 6.04 Å². The van der Waals surface area contributed by atoms with Crippen LogP contribution < -0.4 is 10.1 Å². The number of aryl methyl sites for hydroxylation is 1. The Bertz CT molecular complexity index is 875. The number of hydrogen-bond donors (Lipinski definition) is 1. The SMILES string of the molecule is Cc1cccc(OCC(=O)N(Cc2ccccc2)[C@H](C)C(=O)NC2CCCCC2)c1C. The summed E-state index contributed by atoms with van der Waals surface area (Å²) in [5, 5.41) is 3.16. The minimum Gasteiger partial charge on any atom is -0.483 e. The van der Waals surface area contributed by atoms with Crippen molar-refractivity contribution in [2.45, 2.75) is 71.5 Å². The molecule has 166 valence electrons. The van der Waals surface area contributed by atoms with E-state index >= 15 is 0 Å². The molecule has 0 radical (unpaired) electrons. The highest BCUT2D eigenvalue weighted by Gasteiger charge is 2.28. The molecule has 2 aromatic carbocycles. The summed E-state index contributed by atoms with van der Waals surface area (Å²) in [6, 6.07) is 15.2. The average molecular weight is 423 g/mol. The van der Waals surface area contributed by atoms with Gasteiger partial charge in [0.15, 0.2) is 6.61 Å². The molecule has 2 aromatic rings. The zero-order valence-corrected chi connectivity index (χ0v) is 18.9. The Morgan fingerprint density at radius 1 is 1.03 bits per heavy atom. The number of ether oxygens (including phenoxy) is 1. The van der Waals surface area contributed by atoms with Gasteiger partial charge < -0.3 is 15.0 Å². The Balaban J connectivity index is 1.70. The molecule has 1 fully saturated rings. The number of nitrogens with zero attached hydrogens (tertiary/aromatic N) is 1. The second-order valence-corrected chi connectivity index (χ2v) is 8.51. The van der Waals surface area contributed by atoms with Crippen LogP contribution in [-0.2, 0) is 16.1 Å². The Morgan fingerprint density at radius 2 is 1.74 bits per heavy atom. The topological polar surface area (TPSA) is 58.6 Å². The number of amides is 2. The summed E-state index contributed by atoms with van der Waals surface area (Å²) in [5.41, 5.74) is 3.12. The number of benzene rings is 2. The van der Waals surface area contributed by atoms with E-state index in [1.54, 1.807) is 11.8 Å². The quantitative estimate of drug-likeness (QED) is 0.679. The van der Waals surface area contributed by atoms with Gasteiger partial charge in [-0.05, 0) is 56.4 Å².